The minimum atomic E-state index is -1.55. The van der Waals surface area contributed by atoms with Gasteiger partial charge in [0.15, 0.2) is 0 Å². The van der Waals surface area contributed by atoms with E-state index in [1.54, 1.807) is 10.8 Å². The molecule has 0 spiro atoms. The van der Waals surface area contributed by atoms with Gasteiger partial charge in [-0.25, -0.2) is 0 Å². The first-order valence-corrected chi connectivity index (χ1v) is 10.4. The van der Waals surface area contributed by atoms with Gasteiger partial charge in [0.05, 0.1) is 0 Å². The quantitative estimate of drug-likeness (QED) is 0.450. The van der Waals surface area contributed by atoms with Crippen LogP contribution in [0.25, 0.3) is 0 Å². The Hall–Kier alpha value is 0.501. The van der Waals surface area contributed by atoms with Crippen LogP contribution in [0.15, 0.2) is 54.1 Å². The molecule has 0 N–H and O–H groups in total. The van der Waals surface area contributed by atoms with Crippen LogP contribution < -0.4 is 42.4 Å². The van der Waals surface area contributed by atoms with E-state index < -0.39 is 8.07 Å². The summed E-state index contributed by atoms with van der Waals surface area (Å²) in [7, 11) is -1.55. The molecule has 0 saturated carbocycles. The minimum Gasteiger partial charge on any atom is -1.00 e. The molecule has 1 atom stereocenters. The second kappa shape index (κ2) is 8.96. The molecular formula is C16H21Cl3SiTi. The van der Waals surface area contributed by atoms with Crippen molar-refractivity contribution in [2.24, 2.45) is 5.92 Å². The zero-order valence-corrected chi connectivity index (χ0v) is 17.7. The second-order valence-corrected chi connectivity index (χ2v) is 12.6. The Balaban J connectivity index is 0. The Kier molecular flexibility index (Phi) is 10.1. The summed E-state index contributed by atoms with van der Waals surface area (Å²) < 4.78 is 0.252. The third-order valence-corrected chi connectivity index (χ3v) is 12.0. The van der Waals surface area contributed by atoms with Crippen LogP contribution in [0.1, 0.15) is 13.8 Å². The molecule has 1 aromatic carbocycles. The molecule has 0 fully saturated rings. The predicted molar refractivity (Wildman–Crippen MR) is 78.3 cm³/mol. The zero-order chi connectivity index (χ0) is 13.4. The number of rotatable bonds is 3. The van der Waals surface area contributed by atoms with Crippen molar-refractivity contribution in [3.8, 4) is 0 Å². The average molecular weight is 396 g/mol. The zero-order valence-electron chi connectivity index (χ0n) is 12.8. The van der Waals surface area contributed by atoms with E-state index >= 15 is 0 Å². The molecular weight excluding hydrogens is 374 g/mol. The van der Waals surface area contributed by atoms with Gasteiger partial charge >= 0.3 is 124 Å². The van der Waals surface area contributed by atoms with Gasteiger partial charge in [-0.05, 0) is 0 Å². The number of hydrogen-bond acceptors (Lipinski definition) is 0. The molecule has 0 heterocycles. The molecule has 21 heavy (non-hydrogen) atoms. The van der Waals surface area contributed by atoms with Crippen molar-refractivity contribution in [2.45, 2.75) is 30.3 Å². The number of hydrogen-bond donors (Lipinski definition) is 0. The van der Waals surface area contributed by atoms with Crippen LogP contribution in [0.4, 0.5) is 0 Å². The molecule has 0 aromatic heterocycles. The molecule has 0 radical (unpaired) electrons. The van der Waals surface area contributed by atoms with Crippen LogP contribution in [0, 0.1) is 5.92 Å². The maximum absolute atomic E-state index is 2.49. The molecule has 2 rings (SSSR count). The Morgan fingerprint density at radius 2 is 1.52 bits per heavy atom. The number of halogens is 3. The maximum Gasteiger partial charge on any atom is -1.00 e. The van der Waals surface area contributed by atoms with Gasteiger partial charge in [-0.2, -0.15) is 0 Å². The Labute approximate surface area is 160 Å². The smallest absolute Gasteiger partial charge is 1.00 e. The first-order chi connectivity index (χ1) is 8.39. The van der Waals surface area contributed by atoms with Crippen LogP contribution in [-0.2, 0) is 20.4 Å². The third kappa shape index (κ3) is 4.28. The van der Waals surface area contributed by atoms with Crippen LogP contribution in [0.5, 0.6) is 0 Å². The molecule has 1 aliphatic rings. The normalized spacial score (nSPS) is 20.2. The summed E-state index contributed by atoms with van der Waals surface area (Å²) in [5.74, 6) is 0.625. The van der Waals surface area contributed by atoms with Gasteiger partial charge in [0.1, 0.15) is 0 Å². The van der Waals surface area contributed by atoms with Crippen LogP contribution in [-0.4, -0.2) is 8.07 Å². The Morgan fingerprint density at radius 1 is 1.00 bits per heavy atom. The number of allylic oxidation sites excluding steroid dienone is 4. The van der Waals surface area contributed by atoms with Crippen molar-refractivity contribution in [3.05, 3.63) is 54.1 Å². The van der Waals surface area contributed by atoms with Gasteiger partial charge in [-0.3, -0.25) is 0 Å². The maximum atomic E-state index is 2.49. The SMILES string of the molecule is CC(C)C1=CC=C[C]1([Ti+3])[Si](C)(C)c1ccccc1.[Cl-].[Cl-].[Cl-]. The summed E-state index contributed by atoms with van der Waals surface area (Å²) in [4.78, 5) is 0. The summed E-state index contributed by atoms with van der Waals surface area (Å²) in [6.07, 6.45) is 7.02. The van der Waals surface area contributed by atoms with Crippen LogP contribution >= 0.6 is 0 Å². The molecule has 1 aliphatic carbocycles. The van der Waals surface area contributed by atoms with E-state index in [0.717, 1.165) is 0 Å². The first-order valence-electron chi connectivity index (χ1n) is 6.60. The first kappa shape index (κ1) is 23.8. The molecule has 0 aliphatic heterocycles. The van der Waals surface area contributed by atoms with E-state index in [1.165, 1.54) is 0 Å². The summed E-state index contributed by atoms with van der Waals surface area (Å²) in [6.45, 7) is 9.61. The fraction of sp³-hybridized carbons (Fsp3) is 0.375. The molecule has 114 valence electrons. The van der Waals surface area contributed by atoms with E-state index in [4.69, 9.17) is 0 Å². The van der Waals surface area contributed by atoms with Crippen molar-refractivity contribution in [1.29, 1.82) is 0 Å². The summed E-state index contributed by atoms with van der Waals surface area (Å²) in [6, 6.07) is 11.1. The molecule has 0 amide bonds. The van der Waals surface area contributed by atoms with Crippen LogP contribution in [0.2, 0.25) is 16.4 Å². The Morgan fingerprint density at radius 3 is 2.00 bits per heavy atom. The van der Waals surface area contributed by atoms with E-state index in [9.17, 15) is 0 Å². The minimum absolute atomic E-state index is 0. The van der Waals surface area contributed by atoms with E-state index in [-0.39, 0.29) is 40.6 Å². The van der Waals surface area contributed by atoms with Crippen molar-refractivity contribution < 1.29 is 57.7 Å². The van der Waals surface area contributed by atoms with Gasteiger partial charge < -0.3 is 37.2 Å². The third-order valence-electron chi connectivity index (χ3n) is 4.18. The van der Waals surface area contributed by atoms with Gasteiger partial charge in [0.2, 0.25) is 0 Å². The standard InChI is InChI=1S/C16H21Si.3ClH.Ti/c1-13(2)15-11-8-12-16(15)17(3,4)14-9-6-5-7-10-14;;;;/h5-13H,1-4H3;3*1H;/q;;;;+3/p-3. The van der Waals surface area contributed by atoms with E-state index in [1.807, 2.05) is 0 Å². The van der Waals surface area contributed by atoms with Crippen molar-refractivity contribution in [2.75, 3.05) is 0 Å². The largest absolute Gasteiger partial charge is 1.00 e. The summed E-state index contributed by atoms with van der Waals surface area (Å²) in [5, 5.41) is 1.55. The van der Waals surface area contributed by atoms with Crippen LogP contribution in [0.3, 0.4) is 0 Å². The molecule has 0 bridgehead atoms. The van der Waals surface area contributed by atoms with Gasteiger partial charge in [0.25, 0.3) is 0 Å². The number of benzene rings is 1. The van der Waals surface area contributed by atoms with Gasteiger partial charge in [0, 0.05) is 0 Å². The van der Waals surface area contributed by atoms with Gasteiger partial charge in [-0.15, -0.1) is 0 Å². The van der Waals surface area contributed by atoms with Crippen molar-refractivity contribution >= 4 is 13.3 Å². The average Bonchev–Trinajstić information content (AvgIpc) is 2.74. The van der Waals surface area contributed by atoms with Crippen molar-refractivity contribution in [1.82, 2.24) is 0 Å². The van der Waals surface area contributed by atoms with E-state index in [2.05, 4.69) is 95.9 Å². The molecule has 1 unspecified atom stereocenters. The fourth-order valence-electron chi connectivity index (χ4n) is 2.82. The molecule has 1 aromatic rings. The van der Waals surface area contributed by atoms with Crippen molar-refractivity contribution in [3.63, 3.8) is 0 Å². The topological polar surface area (TPSA) is 0 Å². The van der Waals surface area contributed by atoms with Gasteiger partial charge in [-0.1, -0.05) is 0 Å². The van der Waals surface area contributed by atoms with E-state index in [0.29, 0.717) is 5.92 Å². The monoisotopic (exact) mass is 394 g/mol. The molecule has 0 saturated heterocycles. The second-order valence-electron chi connectivity index (χ2n) is 5.93. The Bertz CT molecular complexity index is 498. The molecule has 0 nitrogen and oxygen atoms in total. The summed E-state index contributed by atoms with van der Waals surface area (Å²) >= 11 is 2.43. The fourth-order valence-corrected chi connectivity index (χ4v) is 7.32. The molecule has 5 heteroatoms. The predicted octanol–water partition coefficient (Wildman–Crippen LogP) is -4.99. The summed E-state index contributed by atoms with van der Waals surface area (Å²) in [5.41, 5.74) is 1.60.